The molecule has 0 unspecified atom stereocenters. The van der Waals surface area contributed by atoms with E-state index in [0.717, 1.165) is 17.4 Å². The largest absolute Gasteiger partial charge is 0.359 e. The summed E-state index contributed by atoms with van der Waals surface area (Å²) < 4.78 is 5.33. The predicted molar refractivity (Wildman–Crippen MR) is 104 cm³/mol. The molecule has 0 saturated heterocycles. The fourth-order valence-electron chi connectivity index (χ4n) is 1.96. The van der Waals surface area contributed by atoms with Gasteiger partial charge < -0.3 is 14.7 Å². The van der Waals surface area contributed by atoms with Crippen LogP contribution in [0.1, 0.15) is 36.8 Å². The molecule has 6 heteroatoms. The first-order chi connectivity index (χ1) is 10.6. The van der Waals surface area contributed by atoms with Gasteiger partial charge in [-0.2, -0.15) is 0 Å². The summed E-state index contributed by atoms with van der Waals surface area (Å²) in [4.78, 5) is 6.58. The van der Waals surface area contributed by atoms with Crippen LogP contribution in [0.25, 0.3) is 0 Å². The van der Waals surface area contributed by atoms with Crippen LogP contribution in [0.15, 0.2) is 45.9 Å². The molecule has 23 heavy (non-hydrogen) atoms. The molecule has 2 rings (SSSR count). The summed E-state index contributed by atoms with van der Waals surface area (Å²) >= 11 is 0. The van der Waals surface area contributed by atoms with Crippen molar-refractivity contribution in [2.45, 2.75) is 32.9 Å². The molecule has 126 valence electrons. The van der Waals surface area contributed by atoms with E-state index in [0.29, 0.717) is 19.0 Å². The zero-order valence-corrected chi connectivity index (χ0v) is 16.4. The van der Waals surface area contributed by atoms with Gasteiger partial charge in [0.2, 0.25) is 0 Å². The lowest BCUT2D eigenvalue weighted by molar-refractivity contribution is 0.370. The van der Waals surface area contributed by atoms with Gasteiger partial charge in [-0.1, -0.05) is 49.3 Å². The third-order valence-corrected chi connectivity index (χ3v) is 3.27. The Labute approximate surface area is 155 Å². The number of rotatable bonds is 5. The fraction of sp³-hybridized carbons (Fsp3) is 0.412. The van der Waals surface area contributed by atoms with Crippen LogP contribution >= 0.6 is 24.0 Å². The molecule has 0 aliphatic carbocycles. The van der Waals surface area contributed by atoms with E-state index in [-0.39, 0.29) is 24.0 Å². The summed E-state index contributed by atoms with van der Waals surface area (Å²) in [6.07, 6.45) is 0. The van der Waals surface area contributed by atoms with E-state index in [1.54, 1.807) is 0 Å². The van der Waals surface area contributed by atoms with E-state index in [9.17, 15) is 0 Å². The van der Waals surface area contributed by atoms with Gasteiger partial charge in [0.1, 0.15) is 0 Å². The lowest BCUT2D eigenvalue weighted by Crippen LogP contribution is -2.35. The minimum Gasteiger partial charge on any atom is -0.359 e. The molecule has 1 aromatic heterocycles. The van der Waals surface area contributed by atoms with Gasteiger partial charge in [-0.05, 0) is 11.5 Å². The number of aliphatic imine (C=N–C) groups is 1. The normalized spacial score (nSPS) is 11.3. The molecule has 1 N–H and O–H groups in total. The van der Waals surface area contributed by atoms with Gasteiger partial charge in [0.05, 0.1) is 18.8 Å². The van der Waals surface area contributed by atoms with Gasteiger partial charge in [-0.15, -0.1) is 24.0 Å². The van der Waals surface area contributed by atoms with Crippen LogP contribution < -0.4 is 5.32 Å². The summed E-state index contributed by atoms with van der Waals surface area (Å²) in [5.41, 5.74) is 2.16. The molecule has 5 nitrogen and oxygen atoms in total. The smallest absolute Gasteiger partial charge is 0.194 e. The first kappa shape index (κ1) is 19.5. The maximum Gasteiger partial charge on any atom is 0.194 e. The number of guanidine groups is 1. The Morgan fingerprint density at radius 3 is 2.52 bits per heavy atom. The van der Waals surface area contributed by atoms with Crippen molar-refractivity contribution < 1.29 is 4.52 Å². The van der Waals surface area contributed by atoms with Crippen LogP contribution in [0.2, 0.25) is 0 Å². The summed E-state index contributed by atoms with van der Waals surface area (Å²) in [7, 11) is 3.94. The SMILES string of the molecule is CC(C)c1cc(CNC(=NCc2ccccc2)N(C)C)on1.I. The maximum absolute atomic E-state index is 5.33. The maximum atomic E-state index is 5.33. The van der Waals surface area contributed by atoms with Crippen LogP contribution in [0.4, 0.5) is 0 Å². The lowest BCUT2D eigenvalue weighted by Gasteiger charge is -2.16. The highest BCUT2D eigenvalue weighted by molar-refractivity contribution is 14.0. The number of halogens is 1. The third-order valence-electron chi connectivity index (χ3n) is 3.27. The number of hydrogen-bond acceptors (Lipinski definition) is 3. The van der Waals surface area contributed by atoms with Crippen LogP contribution in [-0.2, 0) is 13.1 Å². The third kappa shape index (κ3) is 6.21. The molecule has 1 aromatic carbocycles. The highest BCUT2D eigenvalue weighted by Gasteiger charge is 2.09. The average molecular weight is 428 g/mol. The van der Waals surface area contributed by atoms with Gasteiger partial charge in [0, 0.05) is 20.2 Å². The molecule has 0 radical (unpaired) electrons. The van der Waals surface area contributed by atoms with Crippen LogP contribution in [0.3, 0.4) is 0 Å². The standard InChI is InChI=1S/C17H24N4O.HI/c1-13(2)16-10-15(22-20-16)12-19-17(21(3)4)18-11-14-8-6-5-7-9-14;/h5-10,13H,11-12H2,1-4H3,(H,18,19);1H. The number of hydrogen-bond donors (Lipinski definition) is 1. The summed E-state index contributed by atoms with van der Waals surface area (Å²) in [6.45, 7) is 5.42. The molecule has 2 aromatic rings. The second-order valence-corrected chi connectivity index (χ2v) is 5.75. The molecular formula is C17H25IN4O. The van der Waals surface area contributed by atoms with Gasteiger partial charge in [-0.3, -0.25) is 0 Å². The molecule has 0 spiro atoms. The minimum absolute atomic E-state index is 0. The molecule has 0 aliphatic heterocycles. The van der Waals surface area contributed by atoms with Crippen LogP contribution in [0.5, 0.6) is 0 Å². The Morgan fingerprint density at radius 1 is 1.26 bits per heavy atom. The predicted octanol–water partition coefficient (Wildman–Crippen LogP) is 3.62. The van der Waals surface area contributed by atoms with Crippen LogP contribution in [0, 0.1) is 0 Å². The van der Waals surface area contributed by atoms with E-state index in [1.807, 2.05) is 43.3 Å². The highest BCUT2D eigenvalue weighted by Crippen LogP contribution is 2.13. The van der Waals surface area contributed by atoms with E-state index in [1.165, 1.54) is 5.56 Å². The molecule has 0 atom stereocenters. The Bertz CT molecular complexity index is 608. The molecule has 0 fully saturated rings. The molecule has 0 amide bonds. The fourth-order valence-corrected chi connectivity index (χ4v) is 1.96. The zero-order chi connectivity index (χ0) is 15.9. The van der Waals surface area contributed by atoms with Crippen molar-refractivity contribution in [2.75, 3.05) is 14.1 Å². The number of aromatic nitrogens is 1. The van der Waals surface area contributed by atoms with Crippen LogP contribution in [-0.4, -0.2) is 30.1 Å². The second kappa shape index (κ2) is 9.54. The topological polar surface area (TPSA) is 53.7 Å². The van der Waals surface area contributed by atoms with Crippen molar-refractivity contribution in [3.8, 4) is 0 Å². The van der Waals surface area contributed by atoms with Crippen molar-refractivity contribution in [1.29, 1.82) is 0 Å². The van der Waals surface area contributed by atoms with Crippen molar-refractivity contribution in [1.82, 2.24) is 15.4 Å². The van der Waals surface area contributed by atoms with E-state index in [2.05, 4.69) is 41.4 Å². The monoisotopic (exact) mass is 428 g/mol. The summed E-state index contributed by atoms with van der Waals surface area (Å²) in [6, 6.07) is 12.2. The molecule has 0 aliphatic rings. The number of nitrogens with one attached hydrogen (secondary N) is 1. The Kier molecular flexibility index (Phi) is 8.08. The van der Waals surface area contributed by atoms with Gasteiger partial charge in [-0.25, -0.2) is 4.99 Å². The van der Waals surface area contributed by atoms with Crippen molar-refractivity contribution in [2.24, 2.45) is 4.99 Å². The second-order valence-electron chi connectivity index (χ2n) is 5.75. The Hall–Kier alpha value is -1.57. The molecule has 1 heterocycles. The van der Waals surface area contributed by atoms with Crippen molar-refractivity contribution in [3.63, 3.8) is 0 Å². The van der Waals surface area contributed by atoms with Crippen molar-refractivity contribution >= 4 is 29.9 Å². The molecular weight excluding hydrogens is 403 g/mol. The summed E-state index contributed by atoms with van der Waals surface area (Å²) in [5.74, 6) is 2.02. The van der Waals surface area contributed by atoms with E-state index < -0.39 is 0 Å². The Balaban J connectivity index is 0.00000264. The first-order valence-electron chi connectivity index (χ1n) is 7.51. The van der Waals surface area contributed by atoms with E-state index in [4.69, 9.17) is 4.52 Å². The minimum atomic E-state index is 0. The van der Waals surface area contributed by atoms with E-state index >= 15 is 0 Å². The lowest BCUT2D eigenvalue weighted by atomic mass is 10.1. The molecule has 0 saturated carbocycles. The van der Waals surface area contributed by atoms with Gasteiger partial charge >= 0.3 is 0 Å². The summed E-state index contributed by atoms with van der Waals surface area (Å²) in [5, 5.41) is 7.36. The Morgan fingerprint density at radius 2 is 1.96 bits per heavy atom. The van der Waals surface area contributed by atoms with Crippen molar-refractivity contribution in [3.05, 3.63) is 53.4 Å². The quantitative estimate of drug-likeness (QED) is 0.449. The average Bonchev–Trinajstić information content (AvgIpc) is 2.97. The van der Waals surface area contributed by atoms with Gasteiger partial charge in [0.25, 0.3) is 0 Å². The number of benzene rings is 1. The number of nitrogens with zero attached hydrogens (tertiary/aromatic N) is 3. The first-order valence-corrected chi connectivity index (χ1v) is 7.51. The highest BCUT2D eigenvalue weighted by atomic mass is 127. The molecule has 0 bridgehead atoms. The zero-order valence-electron chi connectivity index (χ0n) is 14.1. The van der Waals surface area contributed by atoms with Gasteiger partial charge in [0.15, 0.2) is 11.7 Å².